The molecule has 4 rings (SSSR count). The van der Waals surface area contributed by atoms with Gasteiger partial charge in [-0.3, -0.25) is 9.69 Å². The summed E-state index contributed by atoms with van der Waals surface area (Å²) >= 11 is 5.83. The summed E-state index contributed by atoms with van der Waals surface area (Å²) in [5.74, 6) is 0.718. The summed E-state index contributed by atoms with van der Waals surface area (Å²) in [4.78, 5) is 22.2. The maximum atomic E-state index is 14.2. The molecule has 0 saturated carbocycles. The molecule has 1 fully saturated rings. The summed E-state index contributed by atoms with van der Waals surface area (Å²) in [7, 11) is 1.55. The van der Waals surface area contributed by atoms with E-state index in [1.165, 1.54) is 12.4 Å². The fraction of sp³-hybridized carbons (Fsp3) is 0.348. The minimum atomic E-state index is -0.488. The first kappa shape index (κ1) is 23.0. The lowest BCUT2D eigenvalue weighted by Crippen LogP contribution is -2.40. The number of methoxy groups -OCH3 is 1. The Balaban J connectivity index is 1.48. The smallest absolute Gasteiger partial charge is 0.234 e. The number of ether oxygens (including phenoxy) is 2. The first-order valence-electron chi connectivity index (χ1n) is 10.7. The number of aromatic nitrogens is 2. The monoisotopic (exact) mass is 473 g/mol. The van der Waals surface area contributed by atoms with Gasteiger partial charge in [0.05, 0.1) is 31.0 Å². The van der Waals surface area contributed by atoms with Crippen molar-refractivity contribution in [3.63, 3.8) is 0 Å². The summed E-state index contributed by atoms with van der Waals surface area (Å²) < 4.78 is 25.7. The molecule has 0 bridgehead atoms. The van der Waals surface area contributed by atoms with E-state index in [1.807, 2.05) is 0 Å². The number of anilines is 2. The van der Waals surface area contributed by atoms with E-state index in [4.69, 9.17) is 26.8 Å². The Morgan fingerprint density at radius 3 is 2.91 bits per heavy atom. The Kier molecular flexibility index (Phi) is 7.10. The maximum absolute atomic E-state index is 14.2. The number of halogens is 2. The Hall–Kier alpha value is -3.17. The molecule has 10 heteroatoms. The van der Waals surface area contributed by atoms with Crippen LogP contribution in [0, 0.1) is 5.82 Å². The van der Waals surface area contributed by atoms with E-state index in [1.54, 1.807) is 31.4 Å². The lowest BCUT2D eigenvalue weighted by Gasteiger charge is -2.21. The van der Waals surface area contributed by atoms with Crippen molar-refractivity contribution in [2.45, 2.75) is 25.3 Å². The Bertz CT molecular complexity index is 1160. The number of nitrogens with two attached hydrogens (primary N) is 1. The molecule has 1 saturated heterocycles. The van der Waals surface area contributed by atoms with Gasteiger partial charge < -0.3 is 20.5 Å². The third kappa shape index (κ3) is 5.26. The number of carbonyl (C=O) groups is 1. The second kappa shape index (κ2) is 10.2. The normalized spacial score (nSPS) is 16.2. The highest BCUT2D eigenvalue weighted by Gasteiger charge is 2.28. The van der Waals surface area contributed by atoms with Crippen LogP contribution in [0.1, 0.15) is 19.3 Å². The number of hydrogen-bond donors (Lipinski definition) is 2. The molecule has 1 atom stereocenters. The van der Waals surface area contributed by atoms with Gasteiger partial charge in [0.2, 0.25) is 5.91 Å². The van der Waals surface area contributed by atoms with E-state index in [0.29, 0.717) is 39.8 Å². The van der Waals surface area contributed by atoms with Crippen LogP contribution < -0.4 is 20.5 Å². The molecule has 1 amide bonds. The summed E-state index contributed by atoms with van der Waals surface area (Å²) in [6, 6.07) is 7.70. The van der Waals surface area contributed by atoms with Crippen molar-refractivity contribution in [1.29, 1.82) is 0 Å². The van der Waals surface area contributed by atoms with Crippen LogP contribution in [-0.4, -0.2) is 53.6 Å². The van der Waals surface area contributed by atoms with Crippen LogP contribution >= 0.6 is 11.6 Å². The van der Waals surface area contributed by atoms with Gasteiger partial charge in [0.15, 0.2) is 11.5 Å². The molecule has 0 unspecified atom stereocenters. The van der Waals surface area contributed by atoms with E-state index >= 15 is 0 Å². The molecule has 8 nitrogen and oxygen atoms in total. The lowest BCUT2D eigenvalue weighted by atomic mass is 10.2. The van der Waals surface area contributed by atoms with E-state index in [2.05, 4.69) is 20.2 Å². The number of nitrogens with one attached hydrogen (secondary N) is 1. The third-order valence-electron chi connectivity index (χ3n) is 5.64. The van der Waals surface area contributed by atoms with Gasteiger partial charge in [0, 0.05) is 23.0 Å². The first-order chi connectivity index (χ1) is 16.0. The lowest BCUT2D eigenvalue weighted by molar-refractivity contribution is -0.122. The second-order valence-electron chi connectivity index (χ2n) is 7.79. The zero-order valence-electron chi connectivity index (χ0n) is 18.2. The summed E-state index contributed by atoms with van der Waals surface area (Å²) in [6.07, 6.45) is 3.91. The van der Waals surface area contributed by atoms with Gasteiger partial charge in [-0.25, -0.2) is 14.4 Å². The van der Waals surface area contributed by atoms with Gasteiger partial charge in [-0.15, -0.1) is 0 Å². The third-order valence-corrected chi connectivity index (χ3v) is 5.88. The highest BCUT2D eigenvalue weighted by molar-refractivity contribution is 6.30. The minimum absolute atomic E-state index is 0.187. The summed E-state index contributed by atoms with van der Waals surface area (Å²) in [5, 5.41) is 3.95. The summed E-state index contributed by atoms with van der Waals surface area (Å²) in [5.41, 5.74) is 6.34. The predicted molar refractivity (Wildman–Crippen MR) is 125 cm³/mol. The van der Waals surface area contributed by atoms with E-state index in [9.17, 15) is 9.18 Å². The van der Waals surface area contributed by atoms with Gasteiger partial charge in [-0.05, 0) is 50.1 Å². The van der Waals surface area contributed by atoms with Crippen molar-refractivity contribution in [1.82, 2.24) is 14.9 Å². The van der Waals surface area contributed by atoms with Crippen LogP contribution in [0.5, 0.6) is 11.5 Å². The highest BCUT2D eigenvalue weighted by Crippen LogP contribution is 2.35. The van der Waals surface area contributed by atoms with Crippen LogP contribution in [0.2, 0.25) is 5.02 Å². The fourth-order valence-electron chi connectivity index (χ4n) is 4.02. The van der Waals surface area contributed by atoms with Crippen LogP contribution in [-0.2, 0) is 4.79 Å². The van der Waals surface area contributed by atoms with E-state index in [0.717, 1.165) is 32.4 Å². The second-order valence-corrected chi connectivity index (χ2v) is 8.23. The number of benzene rings is 2. The molecule has 2 aromatic carbocycles. The number of rotatable bonds is 9. The minimum Gasteiger partial charge on any atom is -0.493 e. The number of nitrogens with zero attached hydrogens (tertiary/aromatic N) is 3. The van der Waals surface area contributed by atoms with Gasteiger partial charge >= 0.3 is 0 Å². The van der Waals surface area contributed by atoms with E-state index in [-0.39, 0.29) is 17.6 Å². The number of likely N-dealkylation sites (tertiary alicyclic amines) is 1. The fourth-order valence-corrected chi connectivity index (χ4v) is 4.18. The average molecular weight is 474 g/mol. The van der Waals surface area contributed by atoms with Gasteiger partial charge in [-0.1, -0.05) is 11.6 Å². The molecular weight excluding hydrogens is 449 g/mol. The van der Waals surface area contributed by atoms with Crippen molar-refractivity contribution < 1.29 is 18.7 Å². The van der Waals surface area contributed by atoms with Crippen LogP contribution in [0.3, 0.4) is 0 Å². The summed E-state index contributed by atoms with van der Waals surface area (Å²) in [6.45, 7) is 2.04. The Morgan fingerprint density at radius 1 is 1.30 bits per heavy atom. The average Bonchev–Trinajstić information content (AvgIpc) is 3.27. The zero-order valence-corrected chi connectivity index (χ0v) is 18.9. The SMILES string of the molecule is COc1cc2c(Nc3ccc(Cl)cc3F)ncnc2cc1OCCCN1CCC[C@H]1C(N)=O. The molecule has 1 aliphatic rings. The van der Waals surface area contributed by atoms with Gasteiger partial charge in [0.25, 0.3) is 0 Å². The number of amides is 1. The largest absolute Gasteiger partial charge is 0.493 e. The molecule has 0 aliphatic carbocycles. The zero-order chi connectivity index (χ0) is 23.4. The number of hydrogen-bond acceptors (Lipinski definition) is 7. The standard InChI is InChI=1S/C23H25ClFN5O3/c1-32-20-11-15-18(27-13-28-23(15)29-17-6-5-14(24)10-16(17)25)12-21(20)33-9-3-8-30-7-2-4-19(30)22(26)31/h5-6,10-13,19H,2-4,7-9H2,1H3,(H2,26,31)(H,27,28,29)/t19-/m0/s1. The number of primary amides is 1. The molecule has 1 aromatic heterocycles. The molecule has 174 valence electrons. The molecule has 0 radical (unpaired) electrons. The predicted octanol–water partition coefficient (Wildman–Crippen LogP) is 3.89. The molecule has 3 N–H and O–H groups in total. The molecule has 3 aromatic rings. The van der Waals surface area contributed by atoms with Crippen molar-refractivity contribution in [2.24, 2.45) is 5.73 Å². The van der Waals surface area contributed by atoms with Gasteiger partial charge in [0.1, 0.15) is 18.0 Å². The first-order valence-corrected chi connectivity index (χ1v) is 11.0. The maximum Gasteiger partial charge on any atom is 0.234 e. The van der Waals surface area contributed by atoms with Crippen molar-refractivity contribution in [3.05, 3.63) is 47.5 Å². The molecule has 0 spiro atoms. The topological polar surface area (TPSA) is 103 Å². The van der Waals surface area contributed by atoms with Crippen molar-refractivity contribution in [3.8, 4) is 11.5 Å². The van der Waals surface area contributed by atoms with Crippen molar-refractivity contribution >= 4 is 39.9 Å². The van der Waals surface area contributed by atoms with Crippen LogP contribution in [0.25, 0.3) is 10.9 Å². The van der Waals surface area contributed by atoms with E-state index < -0.39 is 5.82 Å². The molecule has 1 aliphatic heterocycles. The van der Waals surface area contributed by atoms with Crippen molar-refractivity contribution in [2.75, 3.05) is 32.1 Å². The Labute approximate surface area is 195 Å². The van der Waals surface area contributed by atoms with Gasteiger partial charge in [-0.2, -0.15) is 0 Å². The van der Waals surface area contributed by atoms with Crippen LogP contribution in [0.15, 0.2) is 36.7 Å². The van der Waals surface area contributed by atoms with Crippen LogP contribution in [0.4, 0.5) is 15.9 Å². The number of carbonyl (C=O) groups excluding carboxylic acids is 1. The molecule has 2 heterocycles. The quantitative estimate of drug-likeness (QED) is 0.454. The molecule has 33 heavy (non-hydrogen) atoms. The Morgan fingerprint density at radius 2 is 2.15 bits per heavy atom. The number of fused-ring (bicyclic) bond motifs is 1. The molecular formula is C23H25ClFN5O3. The highest BCUT2D eigenvalue weighted by atomic mass is 35.5.